The predicted octanol–water partition coefficient (Wildman–Crippen LogP) is 0.251. The van der Waals surface area contributed by atoms with Crippen molar-refractivity contribution in [1.82, 2.24) is 5.32 Å². The van der Waals surface area contributed by atoms with Crippen LogP contribution in [0.4, 0.5) is 0 Å². The van der Waals surface area contributed by atoms with Crippen LogP contribution in [-0.2, 0) is 0 Å². The van der Waals surface area contributed by atoms with Crippen molar-refractivity contribution in [2.75, 3.05) is 19.7 Å². The molecule has 1 aromatic rings. The maximum Gasteiger partial charge on any atom is 0.121 e. The molecule has 4 heteroatoms. The van der Waals surface area contributed by atoms with Crippen molar-refractivity contribution in [1.29, 1.82) is 0 Å². The minimum absolute atomic E-state index is 0.0570. The number of hydrogen-bond donors (Lipinski definition) is 3. The molecular formula is C9H16N2O2. The molecule has 0 amide bonds. The van der Waals surface area contributed by atoms with Gasteiger partial charge < -0.3 is 20.6 Å². The maximum absolute atomic E-state index is 8.59. The van der Waals surface area contributed by atoms with E-state index in [0.717, 1.165) is 18.7 Å². The topological polar surface area (TPSA) is 71.4 Å². The molecule has 4 nitrogen and oxygen atoms in total. The van der Waals surface area contributed by atoms with Gasteiger partial charge in [0, 0.05) is 13.2 Å². The fourth-order valence-corrected chi connectivity index (χ4v) is 1.14. The third kappa shape index (κ3) is 3.18. The summed E-state index contributed by atoms with van der Waals surface area (Å²) in [6.45, 7) is 1.44. The highest BCUT2D eigenvalue weighted by atomic mass is 16.3. The molecule has 0 bridgehead atoms. The van der Waals surface area contributed by atoms with Crippen molar-refractivity contribution in [3.8, 4) is 0 Å². The smallest absolute Gasteiger partial charge is 0.121 e. The van der Waals surface area contributed by atoms with Gasteiger partial charge >= 0.3 is 0 Å². The molecule has 0 radical (unpaired) electrons. The monoisotopic (exact) mass is 184 g/mol. The number of aliphatic hydroxyl groups excluding tert-OH is 1. The molecular weight excluding hydrogens is 168 g/mol. The van der Waals surface area contributed by atoms with Gasteiger partial charge in [0.1, 0.15) is 5.76 Å². The molecule has 1 atom stereocenters. The van der Waals surface area contributed by atoms with Gasteiger partial charge in [-0.1, -0.05) is 0 Å². The number of nitrogens with one attached hydrogen (secondary N) is 1. The van der Waals surface area contributed by atoms with Crippen LogP contribution in [0, 0.1) is 0 Å². The van der Waals surface area contributed by atoms with E-state index in [4.69, 9.17) is 15.3 Å². The third-order valence-corrected chi connectivity index (χ3v) is 1.85. The van der Waals surface area contributed by atoms with E-state index in [1.54, 1.807) is 6.26 Å². The Kier molecular flexibility index (Phi) is 4.53. The van der Waals surface area contributed by atoms with E-state index in [1.807, 2.05) is 12.1 Å². The van der Waals surface area contributed by atoms with Crippen LogP contribution in [0.1, 0.15) is 18.2 Å². The maximum atomic E-state index is 8.59. The summed E-state index contributed by atoms with van der Waals surface area (Å²) < 4.78 is 5.21. The van der Waals surface area contributed by atoms with Crippen LogP contribution in [0.15, 0.2) is 22.8 Å². The zero-order valence-corrected chi connectivity index (χ0v) is 7.57. The van der Waals surface area contributed by atoms with Crippen LogP contribution in [0.5, 0.6) is 0 Å². The molecule has 0 fully saturated rings. The first-order chi connectivity index (χ1) is 6.38. The average molecular weight is 184 g/mol. The van der Waals surface area contributed by atoms with E-state index in [2.05, 4.69) is 5.32 Å². The van der Waals surface area contributed by atoms with Gasteiger partial charge in [-0.2, -0.15) is 0 Å². The van der Waals surface area contributed by atoms with Gasteiger partial charge in [0.2, 0.25) is 0 Å². The molecule has 4 N–H and O–H groups in total. The number of furan rings is 1. The molecule has 1 rings (SSSR count). The number of nitrogens with two attached hydrogens (primary N) is 1. The number of aliphatic hydroxyl groups is 1. The molecule has 0 aliphatic rings. The number of hydrogen-bond acceptors (Lipinski definition) is 4. The molecule has 1 aromatic heterocycles. The molecule has 0 aliphatic carbocycles. The van der Waals surface area contributed by atoms with Gasteiger partial charge in [-0.05, 0) is 25.1 Å². The summed E-state index contributed by atoms with van der Waals surface area (Å²) in [5, 5.41) is 11.8. The Bertz CT molecular complexity index is 211. The van der Waals surface area contributed by atoms with Crippen molar-refractivity contribution in [2.45, 2.75) is 12.5 Å². The Morgan fingerprint density at radius 3 is 3.00 bits per heavy atom. The summed E-state index contributed by atoms with van der Waals surface area (Å²) in [6.07, 6.45) is 2.36. The molecule has 0 saturated heterocycles. The van der Waals surface area contributed by atoms with Crippen molar-refractivity contribution < 1.29 is 9.52 Å². The quantitative estimate of drug-likeness (QED) is 0.554. The third-order valence-electron chi connectivity index (χ3n) is 1.85. The highest BCUT2D eigenvalue weighted by Gasteiger charge is 2.10. The summed E-state index contributed by atoms with van der Waals surface area (Å²) in [5.74, 6) is 0.848. The molecule has 13 heavy (non-hydrogen) atoms. The lowest BCUT2D eigenvalue weighted by molar-refractivity contribution is 0.281. The van der Waals surface area contributed by atoms with Gasteiger partial charge in [0.25, 0.3) is 0 Å². The van der Waals surface area contributed by atoms with Crippen molar-refractivity contribution in [3.05, 3.63) is 24.2 Å². The molecule has 1 heterocycles. The van der Waals surface area contributed by atoms with E-state index >= 15 is 0 Å². The minimum atomic E-state index is 0.0570. The van der Waals surface area contributed by atoms with Crippen LogP contribution in [0.2, 0.25) is 0 Å². The molecule has 74 valence electrons. The van der Waals surface area contributed by atoms with Crippen LogP contribution >= 0.6 is 0 Å². The Labute approximate surface area is 77.7 Å². The van der Waals surface area contributed by atoms with Crippen molar-refractivity contribution >= 4 is 0 Å². The van der Waals surface area contributed by atoms with E-state index in [-0.39, 0.29) is 12.6 Å². The zero-order valence-electron chi connectivity index (χ0n) is 7.57. The van der Waals surface area contributed by atoms with Gasteiger partial charge in [-0.25, -0.2) is 0 Å². The first kappa shape index (κ1) is 10.2. The summed E-state index contributed by atoms with van der Waals surface area (Å²) in [6, 6.07) is 3.79. The standard InChI is InChI=1S/C9H16N2O2/c10-7-8(11-4-2-5-12)9-3-1-6-13-9/h1,3,6,8,11-12H,2,4-5,7,10H2. The molecule has 0 aromatic carbocycles. The van der Waals surface area contributed by atoms with E-state index in [1.165, 1.54) is 0 Å². The van der Waals surface area contributed by atoms with Crippen LogP contribution in [0.25, 0.3) is 0 Å². The largest absolute Gasteiger partial charge is 0.468 e. The lowest BCUT2D eigenvalue weighted by atomic mass is 10.2. The van der Waals surface area contributed by atoms with Gasteiger partial charge in [0.15, 0.2) is 0 Å². The Morgan fingerprint density at radius 1 is 1.62 bits per heavy atom. The summed E-state index contributed by atoms with van der Waals surface area (Å²) >= 11 is 0. The Balaban J connectivity index is 2.35. The van der Waals surface area contributed by atoms with Gasteiger partial charge in [-0.15, -0.1) is 0 Å². The normalized spacial score (nSPS) is 13.1. The van der Waals surface area contributed by atoms with Crippen LogP contribution in [-0.4, -0.2) is 24.8 Å². The Hall–Kier alpha value is -0.840. The van der Waals surface area contributed by atoms with E-state index in [0.29, 0.717) is 6.54 Å². The molecule has 0 saturated carbocycles. The van der Waals surface area contributed by atoms with Gasteiger partial charge in [-0.3, -0.25) is 0 Å². The first-order valence-corrected chi connectivity index (χ1v) is 4.46. The zero-order chi connectivity index (χ0) is 9.52. The molecule has 1 unspecified atom stereocenters. The lowest BCUT2D eigenvalue weighted by Crippen LogP contribution is -2.29. The first-order valence-electron chi connectivity index (χ1n) is 4.46. The average Bonchev–Trinajstić information content (AvgIpc) is 2.65. The Morgan fingerprint density at radius 2 is 2.46 bits per heavy atom. The summed E-state index contributed by atoms with van der Waals surface area (Å²) in [5.41, 5.74) is 5.56. The van der Waals surface area contributed by atoms with E-state index in [9.17, 15) is 0 Å². The molecule has 0 spiro atoms. The number of rotatable bonds is 6. The summed E-state index contributed by atoms with van der Waals surface area (Å²) in [4.78, 5) is 0. The second-order valence-corrected chi connectivity index (χ2v) is 2.83. The van der Waals surface area contributed by atoms with E-state index < -0.39 is 0 Å². The van der Waals surface area contributed by atoms with Crippen molar-refractivity contribution in [3.63, 3.8) is 0 Å². The van der Waals surface area contributed by atoms with Crippen LogP contribution < -0.4 is 11.1 Å². The highest BCUT2D eigenvalue weighted by Crippen LogP contribution is 2.11. The summed E-state index contributed by atoms with van der Waals surface area (Å²) in [7, 11) is 0. The minimum Gasteiger partial charge on any atom is -0.468 e. The SMILES string of the molecule is NCC(NCCCO)c1ccco1. The van der Waals surface area contributed by atoms with Gasteiger partial charge in [0.05, 0.1) is 12.3 Å². The second kappa shape index (κ2) is 5.75. The lowest BCUT2D eigenvalue weighted by Gasteiger charge is -2.13. The highest BCUT2D eigenvalue weighted by molar-refractivity contribution is 5.04. The van der Waals surface area contributed by atoms with Crippen LogP contribution in [0.3, 0.4) is 0 Å². The predicted molar refractivity (Wildman–Crippen MR) is 50.2 cm³/mol. The fourth-order valence-electron chi connectivity index (χ4n) is 1.14. The second-order valence-electron chi connectivity index (χ2n) is 2.83. The fraction of sp³-hybridized carbons (Fsp3) is 0.556. The molecule has 0 aliphatic heterocycles. The van der Waals surface area contributed by atoms with Crippen molar-refractivity contribution in [2.24, 2.45) is 5.73 Å².